The molecule has 0 aromatic heterocycles. The Balaban J connectivity index is 4.38. The maximum atomic E-state index is 12.5. The largest absolute Gasteiger partial charge is 0.466 e. The highest BCUT2D eigenvalue weighted by Gasteiger charge is 2.40. The Hall–Kier alpha value is -1.18. The predicted molar refractivity (Wildman–Crippen MR) is 130 cm³/mol. The summed E-state index contributed by atoms with van der Waals surface area (Å²) in [6.45, 7) is 22.8. The summed E-state index contributed by atoms with van der Waals surface area (Å²) in [4.78, 5) is 24.9. The number of carbonyl (C=O) groups is 2. The fourth-order valence-corrected chi connectivity index (χ4v) is 4.25. The van der Waals surface area contributed by atoms with Gasteiger partial charge in [-0.1, -0.05) is 41.5 Å². The van der Waals surface area contributed by atoms with E-state index in [0.717, 1.165) is 0 Å². The second kappa shape index (κ2) is 14.3. The van der Waals surface area contributed by atoms with E-state index in [1.807, 2.05) is 27.7 Å². The third-order valence-corrected chi connectivity index (χ3v) is 4.96. The number of ether oxygens (including phenoxy) is 5. The molecule has 7 nitrogen and oxygen atoms in total. The topological polar surface area (TPSA) is 80.3 Å². The van der Waals surface area contributed by atoms with Gasteiger partial charge < -0.3 is 23.7 Å². The highest BCUT2D eigenvalue weighted by Crippen LogP contribution is 2.36. The van der Waals surface area contributed by atoms with Gasteiger partial charge in [-0.25, -0.2) is 0 Å². The molecule has 0 heterocycles. The average Bonchev–Trinajstić information content (AvgIpc) is 2.64. The maximum absolute atomic E-state index is 12.5. The molecule has 0 aliphatic heterocycles. The van der Waals surface area contributed by atoms with Crippen LogP contribution in [-0.4, -0.2) is 64.8 Å². The van der Waals surface area contributed by atoms with Crippen molar-refractivity contribution in [2.45, 2.75) is 82.1 Å². The van der Waals surface area contributed by atoms with Crippen molar-refractivity contribution in [2.75, 3.05) is 52.9 Å². The van der Waals surface area contributed by atoms with Gasteiger partial charge in [-0.05, 0) is 51.4 Å². The van der Waals surface area contributed by atoms with E-state index in [2.05, 4.69) is 41.5 Å². The molecule has 0 saturated heterocycles. The summed E-state index contributed by atoms with van der Waals surface area (Å²) < 4.78 is 27.6. The van der Waals surface area contributed by atoms with Crippen LogP contribution in [0.4, 0.5) is 0 Å². The van der Waals surface area contributed by atoms with Crippen molar-refractivity contribution in [1.82, 2.24) is 0 Å². The first-order valence-electron chi connectivity index (χ1n) is 12.2. The first-order chi connectivity index (χ1) is 15.1. The lowest BCUT2D eigenvalue weighted by molar-refractivity contribution is -0.161. The Morgan fingerprint density at radius 2 is 0.848 bits per heavy atom. The number of hydrogen-bond acceptors (Lipinski definition) is 7. The Labute approximate surface area is 202 Å². The molecule has 0 rings (SSSR count). The van der Waals surface area contributed by atoms with E-state index in [9.17, 15) is 9.59 Å². The van der Waals surface area contributed by atoms with E-state index in [4.69, 9.17) is 23.7 Å². The van der Waals surface area contributed by atoms with Crippen LogP contribution >= 0.6 is 0 Å². The molecule has 0 aliphatic rings. The van der Waals surface area contributed by atoms with Gasteiger partial charge in [0, 0.05) is 0 Å². The number of hydrogen-bond donors (Lipinski definition) is 0. The van der Waals surface area contributed by atoms with Gasteiger partial charge >= 0.3 is 11.9 Å². The SMILES string of the molecule is CCOC(=O)C(C)(COCCOCCOCC(C)(CC(C)(C)C)C(=O)OCC)CC(C)(C)C. The van der Waals surface area contributed by atoms with Crippen LogP contribution in [0.25, 0.3) is 0 Å². The fraction of sp³-hybridized carbons (Fsp3) is 0.923. The van der Waals surface area contributed by atoms with Crippen LogP contribution in [-0.2, 0) is 33.3 Å². The van der Waals surface area contributed by atoms with Gasteiger partial charge in [0.25, 0.3) is 0 Å². The van der Waals surface area contributed by atoms with Gasteiger partial charge in [-0.3, -0.25) is 9.59 Å². The smallest absolute Gasteiger partial charge is 0.314 e. The molecule has 0 radical (unpaired) electrons. The van der Waals surface area contributed by atoms with Crippen LogP contribution in [0, 0.1) is 21.7 Å². The Morgan fingerprint density at radius 3 is 1.12 bits per heavy atom. The lowest BCUT2D eigenvalue weighted by Gasteiger charge is -2.33. The van der Waals surface area contributed by atoms with E-state index in [0.29, 0.717) is 52.5 Å². The Morgan fingerprint density at radius 1 is 0.545 bits per heavy atom. The van der Waals surface area contributed by atoms with E-state index >= 15 is 0 Å². The summed E-state index contributed by atoms with van der Waals surface area (Å²) in [5.74, 6) is -0.455. The zero-order valence-corrected chi connectivity index (χ0v) is 22.9. The molecule has 0 spiro atoms. The summed E-state index contributed by atoms with van der Waals surface area (Å²) in [5.41, 5.74) is -1.43. The normalized spacial score (nSPS) is 16.1. The van der Waals surface area contributed by atoms with Crippen molar-refractivity contribution in [3.63, 3.8) is 0 Å². The minimum absolute atomic E-state index is 0.0241. The number of rotatable bonds is 16. The van der Waals surface area contributed by atoms with Crippen molar-refractivity contribution in [3.8, 4) is 0 Å². The van der Waals surface area contributed by atoms with Crippen LogP contribution in [0.3, 0.4) is 0 Å². The second-order valence-electron chi connectivity index (χ2n) is 11.8. The fourth-order valence-electron chi connectivity index (χ4n) is 4.25. The monoisotopic (exact) mass is 474 g/mol. The summed E-state index contributed by atoms with van der Waals surface area (Å²) in [5, 5.41) is 0. The first-order valence-corrected chi connectivity index (χ1v) is 12.2. The van der Waals surface area contributed by atoms with Gasteiger partial charge in [-0.15, -0.1) is 0 Å². The summed E-state index contributed by atoms with van der Waals surface area (Å²) >= 11 is 0. The molecule has 2 atom stereocenters. The molecule has 0 amide bonds. The molecule has 0 aliphatic carbocycles. The van der Waals surface area contributed by atoms with Crippen molar-refractivity contribution in [2.24, 2.45) is 21.7 Å². The van der Waals surface area contributed by atoms with Crippen LogP contribution in [0.1, 0.15) is 82.1 Å². The zero-order chi connectivity index (χ0) is 25.8. The number of carbonyl (C=O) groups excluding carboxylic acids is 2. The molecule has 0 fully saturated rings. The van der Waals surface area contributed by atoms with Gasteiger partial charge in [0.1, 0.15) is 0 Å². The van der Waals surface area contributed by atoms with Crippen LogP contribution in [0.5, 0.6) is 0 Å². The standard InChI is InChI=1S/C26H50O7/c1-11-32-21(27)25(9,17-23(3,4)5)19-30-15-13-29-14-16-31-20-26(10,18-24(6,7)8)22(28)33-12-2/h11-20H2,1-10H3. The molecule has 0 saturated carbocycles. The second-order valence-corrected chi connectivity index (χ2v) is 11.8. The van der Waals surface area contributed by atoms with Crippen molar-refractivity contribution in [1.29, 1.82) is 0 Å². The van der Waals surface area contributed by atoms with E-state index in [1.54, 1.807) is 0 Å². The minimum Gasteiger partial charge on any atom is -0.466 e. The molecular weight excluding hydrogens is 424 g/mol. The Kier molecular flexibility index (Phi) is 13.8. The van der Waals surface area contributed by atoms with Gasteiger partial charge in [-0.2, -0.15) is 0 Å². The van der Waals surface area contributed by atoms with Gasteiger partial charge in [0.05, 0.1) is 63.7 Å². The van der Waals surface area contributed by atoms with Crippen molar-refractivity contribution < 1.29 is 33.3 Å². The van der Waals surface area contributed by atoms with Crippen LogP contribution in [0.15, 0.2) is 0 Å². The molecule has 0 N–H and O–H groups in total. The summed E-state index contributed by atoms with van der Waals surface area (Å²) in [6, 6.07) is 0. The van der Waals surface area contributed by atoms with E-state index in [1.165, 1.54) is 0 Å². The quantitative estimate of drug-likeness (QED) is 0.229. The number of esters is 2. The van der Waals surface area contributed by atoms with E-state index < -0.39 is 10.8 Å². The molecule has 0 aromatic rings. The van der Waals surface area contributed by atoms with E-state index in [-0.39, 0.29) is 36.0 Å². The third-order valence-electron chi connectivity index (χ3n) is 4.96. The van der Waals surface area contributed by atoms with Crippen molar-refractivity contribution >= 4 is 11.9 Å². The highest BCUT2D eigenvalue weighted by molar-refractivity contribution is 5.77. The van der Waals surface area contributed by atoms with Gasteiger partial charge in [0.15, 0.2) is 0 Å². The minimum atomic E-state index is -0.692. The maximum Gasteiger partial charge on any atom is 0.314 e. The molecule has 7 heteroatoms. The molecule has 2 unspecified atom stereocenters. The molecule has 196 valence electrons. The van der Waals surface area contributed by atoms with Crippen LogP contribution < -0.4 is 0 Å². The Bertz CT molecular complexity index is 526. The lowest BCUT2D eigenvalue weighted by Crippen LogP contribution is -2.38. The van der Waals surface area contributed by atoms with Crippen LogP contribution in [0.2, 0.25) is 0 Å². The molecule has 0 bridgehead atoms. The lowest BCUT2D eigenvalue weighted by atomic mass is 9.75. The first kappa shape index (κ1) is 31.8. The summed E-state index contributed by atoms with van der Waals surface area (Å²) in [7, 11) is 0. The molecule has 0 aromatic carbocycles. The average molecular weight is 475 g/mol. The van der Waals surface area contributed by atoms with Crippen molar-refractivity contribution in [3.05, 3.63) is 0 Å². The molecule has 33 heavy (non-hydrogen) atoms. The third kappa shape index (κ3) is 14.0. The zero-order valence-electron chi connectivity index (χ0n) is 22.9. The summed E-state index contributed by atoms with van der Waals surface area (Å²) in [6.07, 6.45) is 1.34. The molecular formula is C26H50O7. The predicted octanol–water partition coefficient (Wildman–Crippen LogP) is 5.05. The van der Waals surface area contributed by atoms with Gasteiger partial charge in [0.2, 0.25) is 0 Å². The highest BCUT2D eigenvalue weighted by atomic mass is 16.6.